The van der Waals surface area contributed by atoms with Gasteiger partial charge in [0.05, 0.1) is 5.54 Å². The minimum atomic E-state index is -0.473. The molecule has 0 aromatic carbocycles. The Kier molecular flexibility index (Phi) is 3.26. The summed E-state index contributed by atoms with van der Waals surface area (Å²) in [5.74, 6) is 1.81. The van der Waals surface area contributed by atoms with Crippen LogP contribution < -0.4 is 5.73 Å². The lowest BCUT2D eigenvalue weighted by Gasteiger charge is -2.16. The second-order valence-corrected chi connectivity index (χ2v) is 4.38. The molecule has 0 fully saturated rings. The predicted octanol–water partition coefficient (Wildman–Crippen LogP) is 1.85. The van der Waals surface area contributed by atoms with Gasteiger partial charge in [0, 0.05) is 6.42 Å². The highest BCUT2D eigenvalue weighted by Gasteiger charge is 2.25. The van der Waals surface area contributed by atoms with Gasteiger partial charge in [0.2, 0.25) is 5.89 Å². The van der Waals surface area contributed by atoms with E-state index in [0.29, 0.717) is 17.6 Å². The SMILES string of the molecule is CCC(C)(N)c1noc(CC(C)C)n1. The Balaban J connectivity index is 2.77. The molecule has 0 bridgehead atoms. The molecule has 1 atom stereocenters. The van der Waals surface area contributed by atoms with Crippen molar-refractivity contribution in [2.75, 3.05) is 0 Å². The summed E-state index contributed by atoms with van der Waals surface area (Å²) in [5, 5.41) is 3.90. The standard InChI is InChI=1S/C10H19N3O/c1-5-10(4,11)9-12-8(14-13-9)6-7(2)3/h7H,5-6,11H2,1-4H3. The third-order valence-corrected chi connectivity index (χ3v) is 2.30. The van der Waals surface area contributed by atoms with Crippen LogP contribution in [0.3, 0.4) is 0 Å². The van der Waals surface area contributed by atoms with Crippen molar-refractivity contribution in [2.24, 2.45) is 11.7 Å². The Bertz CT molecular complexity index is 291. The van der Waals surface area contributed by atoms with Gasteiger partial charge in [-0.2, -0.15) is 4.98 Å². The fourth-order valence-electron chi connectivity index (χ4n) is 1.08. The largest absolute Gasteiger partial charge is 0.339 e. The zero-order valence-electron chi connectivity index (χ0n) is 9.37. The molecule has 4 heteroatoms. The van der Waals surface area contributed by atoms with Crippen molar-refractivity contribution in [2.45, 2.75) is 46.1 Å². The van der Waals surface area contributed by atoms with Crippen LogP contribution in [0.2, 0.25) is 0 Å². The van der Waals surface area contributed by atoms with E-state index in [0.717, 1.165) is 12.8 Å². The molecule has 1 rings (SSSR count). The van der Waals surface area contributed by atoms with Crippen LogP contribution in [0.1, 0.15) is 45.8 Å². The highest BCUT2D eigenvalue weighted by molar-refractivity contribution is 5.01. The van der Waals surface area contributed by atoms with Crippen LogP contribution in [0.5, 0.6) is 0 Å². The number of hydrogen-bond donors (Lipinski definition) is 1. The lowest BCUT2D eigenvalue weighted by molar-refractivity contribution is 0.342. The van der Waals surface area contributed by atoms with E-state index in [2.05, 4.69) is 24.0 Å². The van der Waals surface area contributed by atoms with Gasteiger partial charge >= 0.3 is 0 Å². The number of nitrogens with two attached hydrogens (primary N) is 1. The quantitative estimate of drug-likeness (QED) is 0.800. The fraction of sp³-hybridized carbons (Fsp3) is 0.800. The summed E-state index contributed by atoms with van der Waals surface area (Å²) in [6.45, 7) is 8.16. The molecule has 0 saturated heterocycles. The van der Waals surface area contributed by atoms with Gasteiger partial charge in [0.15, 0.2) is 5.82 Å². The van der Waals surface area contributed by atoms with E-state index < -0.39 is 5.54 Å². The van der Waals surface area contributed by atoms with E-state index >= 15 is 0 Å². The van der Waals surface area contributed by atoms with E-state index in [4.69, 9.17) is 10.3 Å². The normalized spacial score (nSPS) is 15.9. The summed E-state index contributed by atoms with van der Waals surface area (Å²) in [7, 11) is 0. The van der Waals surface area contributed by atoms with Crippen molar-refractivity contribution in [1.82, 2.24) is 10.1 Å². The van der Waals surface area contributed by atoms with Crippen molar-refractivity contribution in [1.29, 1.82) is 0 Å². The first-order valence-electron chi connectivity index (χ1n) is 5.07. The molecule has 0 aliphatic rings. The second-order valence-electron chi connectivity index (χ2n) is 4.38. The molecule has 0 radical (unpaired) electrons. The third-order valence-electron chi connectivity index (χ3n) is 2.30. The van der Waals surface area contributed by atoms with E-state index in [9.17, 15) is 0 Å². The van der Waals surface area contributed by atoms with Gasteiger partial charge in [-0.15, -0.1) is 0 Å². The van der Waals surface area contributed by atoms with E-state index in [-0.39, 0.29) is 0 Å². The predicted molar refractivity (Wildman–Crippen MR) is 54.7 cm³/mol. The van der Waals surface area contributed by atoms with E-state index in [1.54, 1.807) is 0 Å². The van der Waals surface area contributed by atoms with Crippen molar-refractivity contribution >= 4 is 0 Å². The fourth-order valence-corrected chi connectivity index (χ4v) is 1.08. The van der Waals surface area contributed by atoms with Gasteiger partial charge in [0.1, 0.15) is 0 Å². The van der Waals surface area contributed by atoms with E-state index in [1.807, 2.05) is 13.8 Å². The van der Waals surface area contributed by atoms with Gasteiger partial charge in [-0.25, -0.2) is 0 Å². The van der Waals surface area contributed by atoms with Crippen LogP contribution in [0, 0.1) is 5.92 Å². The Labute approximate surface area is 84.9 Å². The van der Waals surface area contributed by atoms with Crippen LogP contribution in [0.4, 0.5) is 0 Å². The summed E-state index contributed by atoms with van der Waals surface area (Å²) in [5.41, 5.74) is 5.52. The van der Waals surface area contributed by atoms with E-state index in [1.165, 1.54) is 0 Å². The van der Waals surface area contributed by atoms with Gasteiger partial charge in [0.25, 0.3) is 0 Å². The molecule has 0 amide bonds. The molecule has 0 aliphatic heterocycles. The summed E-state index contributed by atoms with van der Waals surface area (Å²) in [6, 6.07) is 0. The molecule has 14 heavy (non-hydrogen) atoms. The Morgan fingerprint density at radius 2 is 2.14 bits per heavy atom. The average Bonchev–Trinajstić information content (AvgIpc) is 2.52. The summed E-state index contributed by atoms with van der Waals surface area (Å²) in [4.78, 5) is 4.29. The number of rotatable bonds is 4. The van der Waals surface area contributed by atoms with Crippen molar-refractivity contribution in [3.8, 4) is 0 Å². The van der Waals surface area contributed by atoms with Crippen molar-refractivity contribution in [3.63, 3.8) is 0 Å². The Morgan fingerprint density at radius 1 is 1.50 bits per heavy atom. The highest BCUT2D eigenvalue weighted by Crippen LogP contribution is 2.18. The van der Waals surface area contributed by atoms with Crippen molar-refractivity contribution in [3.05, 3.63) is 11.7 Å². The monoisotopic (exact) mass is 197 g/mol. The zero-order valence-corrected chi connectivity index (χ0v) is 9.37. The minimum absolute atomic E-state index is 0.473. The summed E-state index contributed by atoms with van der Waals surface area (Å²) < 4.78 is 5.12. The molecule has 80 valence electrons. The van der Waals surface area contributed by atoms with Crippen LogP contribution in [-0.2, 0) is 12.0 Å². The van der Waals surface area contributed by atoms with Crippen LogP contribution in [0.15, 0.2) is 4.52 Å². The first-order chi connectivity index (χ1) is 6.45. The molecule has 4 nitrogen and oxygen atoms in total. The highest BCUT2D eigenvalue weighted by atomic mass is 16.5. The zero-order chi connectivity index (χ0) is 10.8. The first kappa shape index (κ1) is 11.2. The molecule has 1 unspecified atom stereocenters. The summed E-state index contributed by atoms with van der Waals surface area (Å²) in [6.07, 6.45) is 1.61. The molecule has 0 saturated carbocycles. The number of aromatic nitrogens is 2. The lowest BCUT2D eigenvalue weighted by atomic mass is 10.00. The number of hydrogen-bond acceptors (Lipinski definition) is 4. The Morgan fingerprint density at radius 3 is 2.64 bits per heavy atom. The number of nitrogens with zero attached hydrogens (tertiary/aromatic N) is 2. The van der Waals surface area contributed by atoms with Crippen LogP contribution >= 0.6 is 0 Å². The second kappa shape index (κ2) is 4.09. The smallest absolute Gasteiger partial charge is 0.226 e. The molecule has 0 spiro atoms. The third kappa shape index (κ3) is 2.54. The lowest BCUT2D eigenvalue weighted by Crippen LogP contribution is -2.33. The average molecular weight is 197 g/mol. The first-order valence-corrected chi connectivity index (χ1v) is 5.07. The molecule has 0 aliphatic carbocycles. The van der Waals surface area contributed by atoms with Gasteiger partial charge < -0.3 is 10.3 Å². The van der Waals surface area contributed by atoms with Crippen LogP contribution in [0.25, 0.3) is 0 Å². The molecular formula is C10H19N3O. The van der Waals surface area contributed by atoms with Gasteiger partial charge in [-0.3, -0.25) is 0 Å². The van der Waals surface area contributed by atoms with Crippen LogP contribution in [-0.4, -0.2) is 10.1 Å². The topological polar surface area (TPSA) is 64.9 Å². The van der Waals surface area contributed by atoms with Crippen molar-refractivity contribution < 1.29 is 4.52 Å². The minimum Gasteiger partial charge on any atom is -0.339 e. The molecule has 1 aromatic heterocycles. The van der Waals surface area contributed by atoms with Gasteiger partial charge in [-0.05, 0) is 19.3 Å². The Hall–Kier alpha value is -0.900. The molecule has 2 N–H and O–H groups in total. The molecular weight excluding hydrogens is 178 g/mol. The van der Waals surface area contributed by atoms with Gasteiger partial charge in [-0.1, -0.05) is 25.9 Å². The summed E-state index contributed by atoms with van der Waals surface area (Å²) >= 11 is 0. The maximum absolute atomic E-state index is 6.00. The molecule has 1 aromatic rings. The maximum atomic E-state index is 6.00. The maximum Gasteiger partial charge on any atom is 0.226 e. The molecule has 1 heterocycles.